The molecule has 4 aliphatic carbocycles. The first-order valence-electron chi connectivity index (χ1n) is 28.9. The van der Waals surface area contributed by atoms with E-state index in [0.717, 1.165) is 6.42 Å². The molecule has 2 unspecified atom stereocenters. The predicted octanol–water partition coefficient (Wildman–Crippen LogP) is 19.6. The average Bonchev–Trinajstić information content (AvgIpc) is 2.04. The van der Waals surface area contributed by atoms with Gasteiger partial charge in [-0.1, -0.05) is 60.2 Å². The summed E-state index contributed by atoms with van der Waals surface area (Å²) in [7, 11) is 0. The fourth-order valence-corrected chi connectivity index (χ4v) is 27.1. The van der Waals surface area contributed by atoms with Gasteiger partial charge in [0.15, 0.2) is 0 Å². The monoisotopic (exact) mass is 943 g/mol. The Kier molecular flexibility index (Phi) is 2.73. The topological polar surface area (TPSA) is 12.0 Å². The van der Waals surface area contributed by atoms with Gasteiger partial charge in [0, 0.05) is 12.1 Å². The van der Waals surface area contributed by atoms with Gasteiger partial charge in [-0.25, -0.2) is 0 Å². The van der Waals surface area contributed by atoms with Gasteiger partial charge in [0.1, 0.15) is 0 Å². The van der Waals surface area contributed by atoms with Crippen LogP contribution in [0.3, 0.4) is 0 Å². The number of benzene rings is 20. The molecule has 2 atom stereocenters. The van der Waals surface area contributed by atoms with E-state index in [1.165, 1.54) is 16.7 Å². The average molecular weight is 944 g/mol. The van der Waals surface area contributed by atoms with E-state index in [1.54, 1.807) is 313 Å². The van der Waals surface area contributed by atoms with Crippen LogP contribution in [0.4, 0.5) is 0 Å². The third-order valence-corrected chi connectivity index (χ3v) is 27.5. The maximum atomic E-state index is 4.95. The van der Waals surface area contributed by atoms with E-state index in [0.29, 0.717) is 0 Å². The molecule has 0 amide bonds. The Morgan fingerprint density at radius 2 is 0.481 bits per heavy atom. The van der Waals surface area contributed by atoms with Gasteiger partial charge in [0.05, 0.1) is 10.8 Å². The normalized spacial score (nSPS) is 23.5. The smallest absolute Gasteiger partial charge is 0.0575 e. The van der Waals surface area contributed by atoms with Crippen LogP contribution in [-0.4, -0.2) is 6.04 Å². The number of hydrogen-bond acceptors (Lipinski definition) is 1. The van der Waals surface area contributed by atoms with Crippen LogP contribution in [0.15, 0.2) is 54.6 Å². The molecule has 30 aromatic carbocycles. The van der Waals surface area contributed by atoms with Crippen LogP contribution >= 0.6 is 0 Å². The first kappa shape index (κ1) is 29.8. The lowest BCUT2D eigenvalue weighted by Crippen LogP contribution is -2.55. The molecule has 0 aromatic heterocycles. The molecule has 5 aliphatic rings. The number of hydrogen-bond donors (Lipinski definition) is 1. The van der Waals surface area contributed by atoms with Crippen LogP contribution in [0.2, 0.25) is 0 Å². The molecule has 1 heterocycles. The summed E-state index contributed by atoms with van der Waals surface area (Å²) in [5, 5.41) is 94.9. The van der Waals surface area contributed by atoms with Crippen LogP contribution in [-0.2, 0) is 17.3 Å². The zero-order valence-electron chi connectivity index (χ0n) is 40.1. The summed E-state index contributed by atoms with van der Waals surface area (Å²) >= 11 is 0. The highest BCUT2D eigenvalue weighted by atomic mass is 15.1. The zero-order chi connectivity index (χ0) is 46.2. The van der Waals surface area contributed by atoms with Crippen molar-refractivity contribution in [3.63, 3.8) is 0 Å². The third kappa shape index (κ3) is 1.71. The Balaban J connectivity index is 1.09. The molecule has 0 radical (unpaired) electrons. The lowest BCUT2D eigenvalue weighted by Gasteiger charge is -2.53. The lowest BCUT2D eigenvalue weighted by atomic mass is 9.45. The van der Waals surface area contributed by atoms with E-state index in [1.807, 2.05) is 0 Å². The largest absolute Gasteiger partial charge is 0.304 e. The summed E-state index contributed by atoms with van der Waals surface area (Å²) in [5.74, 6) is 0. The molecule has 1 heteroatoms. The molecule has 77 heavy (non-hydrogen) atoms. The van der Waals surface area contributed by atoms with Crippen LogP contribution in [0.1, 0.15) is 45.0 Å². The third-order valence-electron chi connectivity index (χ3n) is 27.5. The molecular formula is C76H17N. The maximum Gasteiger partial charge on any atom is 0.0575 e. The van der Waals surface area contributed by atoms with Gasteiger partial charge in [0.25, 0.3) is 0 Å². The highest BCUT2D eigenvalue weighted by molar-refractivity contribution is 6.82. The summed E-state index contributed by atoms with van der Waals surface area (Å²) in [6.45, 7) is 2.30. The quantitative estimate of drug-likeness (QED) is 0.174. The van der Waals surface area contributed by atoms with Crippen molar-refractivity contribution in [1.82, 2.24) is 5.32 Å². The zero-order valence-corrected chi connectivity index (χ0v) is 40.1. The molecule has 1 nitrogen and oxygen atoms in total. The van der Waals surface area contributed by atoms with E-state index >= 15 is 0 Å². The number of aryl methyl sites for hydroxylation is 1. The Labute approximate surface area is 423 Å². The molecule has 35 rings (SSSR count). The fourth-order valence-electron chi connectivity index (χ4n) is 27.1. The highest BCUT2D eigenvalue weighted by Gasteiger charge is 2.77. The van der Waals surface area contributed by atoms with Crippen molar-refractivity contribution in [3.8, 4) is 0 Å². The van der Waals surface area contributed by atoms with E-state index in [-0.39, 0.29) is 17.5 Å². The van der Waals surface area contributed by atoms with Gasteiger partial charge in [-0.05, 0) is 338 Å². The highest BCUT2D eigenvalue weighted by Crippen LogP contribution is 2.87. The van der Waals surface area contributed by atoms with Crippen LogP contribution in [0.5, 0.6) is 0 Å². The van der Waals surface area contributed by atoms with Gasteiger partial charge < -0.3 is 5.32 Å². The van der Waals surface area contributed by atoms with Gasteiger partial charge in [-0.15, -0.1) is 0 Å². The van der Waals surface area contributed by atoms with E-state index in [9.17, 15) is 0 Å². The molecule has 326 valence electrons. The van der Waals surface area contributed by atoms with Crippen molar-refractivity contribution in [1.29, 1.82) is 0 Å². The minimum Gasteiger partial charge on any atom is -0.304 e. The molecule has 1 N–H and O–H groups in total. The van der Waals surface area contributed by atoms with Gasteiger partial charge in [-0.3, -0.25) is 0 Å². The molecule has 1 fully saturated rings. The van der Waals surface area contributed by atoms with Crippen molar-refractivity contribution in [2.45, 2.75) is 36.3 Å². The van der Waals surface area contributed by atoms with Gasteiger partial charge in [-0.2, -0.15) is 0 Å². The van der Waals surface area contributed by atoms with E-state index in [4.69, 9.17) is 5.32 Å². The second-order valence-electron chi connectivity index (χ2n) is 28.1. The first-order chi connectivity index (χ1) is 38.3. The molecule has 1 aliphatic heterocycles. The summed E-state index contributed by atoms with van der Waals surface area (Å²) < 4.78 is 0. The standard InChI is InChI=1S/C76H17N/c1-12-7-9-14(10-8-12)74-76-72-66-60-50-42-32-24-20-17-16-18-22(24)30-38(32)52(60)58-48-40(30)34-26(18)27-19(16)23-25-21(17)29-28(20)36(42)46-47-37(29)43-33(25)39-31(23)41-35(27)45-44(34)54(48)62-63-55(45)49(41)59-53(39)61-51(43)57(47)69(68(72)56(46)50)73(76)67(61)65(59)71(63)75(76,70(62)64(58)66)15(77-74)11-13-5-3-2-4-6-13/h2-10,15,74,77H,11H2,1H3. The summed E-state index contributed by atoms with van der Waals surface area (Å²) in [6.07, 6.45) is 0.988. The molecule has 1 saturated heterocycles. The second-order valence-corrected chi connectivity index (χ2v) is 28.1. The summed E-state index contributed by atoms with van der Waals surface area (Å²) in [4.78, 5) is 0. The second kappa shape index (κ2) is 7.05. The molecule has 0 bridgehead atoms. The minimum absolute atomic E-state index is 0.0626. The lowest BCUT2D eigenvalue weighted by molar-refractivity contribution is 0.330. The van der Waals surface area contributed by atoms with Gasteiger partial charge in [0.2, 0.25) is 0 Å². The molecule has 2 spiro atoms. The van der Waals surface area contributed by atoms with Crippen molar-refractivity contribution in [2.75, 3.05) is 0 Å². The summed E-state index contributed by atoms with van der Waals surface area (Å²) in [6, 6.07) is 22.1. The van der Waals surface area contributed by atoms with Crippen LogP contribution < -0.4 is 5.32 Å². The van der Waals surface area contributed by atoms with E-state index in [2.05, 4.69) is 61.5 Å². The Morgan fingerprint density at radius 3 is 0.727 bits per heavy atom. The Morgan fingerprint density at radius 1 is 0.260 bits per heavy atom. The van der Waals surface area contributed by atoms with Crippen molar-refractivity contribution >= 4 is 291 Å². The minimum atomic E-state index is -0.396. The van der Waals surface area contributed by atoms with Crippen molar-refractivity contribution < 1.29 is 0 Å². The van der Waals surface area contributed by atoms with Crippen molar-refractivity contribution in [2.24, 2.45) is 0 Å². The Bertz CT molecular complexity index is 7610. The SMILES string of the molecule is Cc1ccc(C2NC(Cc3ccccc3)C34c5c6c7c8c9c%10c(c%11c%12c3c3c5c5c%13c6c6c7c7c9c9c%14c%10c%10c%11c%11c%12c%12c3c3c5c5c%13c%13c6c6c7c9c7c9c%14c%10c%10c%11c%11c%12c3c3c5c5c%13c6c7c6c9c%10c%11c3c56)C824)cc1. The molecular weight excluding hydrogens is 927 g/mol. The molecule has 0 saturated carbocycles. The number of nitrogens with one attached hydrogen (secondary N) is 1. The number of rotatable bonds is 3. The van der Waals surface area contributed by atoms with Gasteiger partial charge >= 0.3 is 0 Å². The van der Waals surface area contributed by atoms with Crippen LogP contribution in [0, 0.1) is 6.92 Å². The van der Waals surface area contributed by atoms with Crippen molar-refractivity contribution in [3.05, 3.63) is 93.5 Å². The van der Waals surface area contributed by atoms with E-state index < -0.39 is 5.41 Å². The van der Waals surface area contributed by atoms with Crippen LogP contribution in [0.25, 0.3) is 291 Å². The molecule has 30 aromatic rings. The predicted molar refractivity (Wildman–Crippen MR) is 325 cm³/mol. The Hall–Kier alpha value is -9.14. The maximum absolute atomic E-state index is 4.95. The fraction of sp³-hybridized carbons (Fsp3) is 0.0789. The summed E-state index contributed by atoms with van der Waals surface area (Å²) in [5.41, 5.74) is 10.5. The first-order valence-corrected chi connectivity index (χ1v) is 28.9.